The van der Waals surface area contributed by atoms with Crippen LogP contribution in [0.3, 0.4) is 0 Å². The van der Waals surface area contributed by atoms with E-state index in [1.807, 2.05) is 59.4 Å². The molecule has 1 aromatic heterocycles. The summed E-state index contributed by atoms with van der Waals surface area (Å²) < 4.78 is 1.96. The zero-order valence-corrected chi connectivity index (χ0v) is 12.8. The average Bonchev–Trinajstić information content (AvgIpc) is 3.08. The number of hydrogen-bond acceptors (Lipinski definition) is 2. The summed E-state index contributed by atoms with van der Waals surface area (Å²) in [6.45, 7) is 1.78. The molecular formula is C19H18N2O2. The number of phenols is 1. The molecular weight excluding hydrogens is 288 g/mol. The average molecular weight is 306 g/mol. The highest BCUT2D eigenvalue weighted by molar-refractivity contribution is 5.86. The van der Waals surface area contributed by atoms with Crippen LogP contribution in [0, 0.1) is 0 Å². The summed E-state index contributed by atoms with van der Waals surface area (Å²) in [4.78, 5) is 11.7. The number of benzene rings is 2. The van der Waals surface area contributed by atoms with Gasteiger partial charge in [-0.15, -0.1) is 0 Å². The molecule has 0 saturated heterocycles. The Balaban J connectivity index is 2.20. The summed E-state index contributed by atoms with van der Waals surface area (Å²) in [7, 11) is 0. The number of amides is 1. The lowest BCUT2D eigenvalue weighted by Crippen LogP contribution is -2.19. The van der Waals surface area contributed by atoms with Crippen LogP contribution in [0.25, 0.3) is 16.8 Å². The van der Waals surface area contributed by atoms with Crippen LogP contribution in [-0.4, -0.2) is 15.6 Å². The van der Waals surface area contributed by atoms with E-state index in [-0.39, 0.29) is 5.75 Å². The largest absolute Gasteiger partial charge is 0.507 e. The van der Waals surface area contributed by atoms with Gasteiger partial charge >= 0.3 is 0 Å². The van der Waals surface area contributed by atoms with Crippen molar-refractivity contribution in [3.8, 4) is 22.6 Å². The first kappa shape index (κ1) is 14.9. The van der Waals surface area contributed by atoms with E-state index >= 15 is 0 Å². The van der Waals surface area contributed by atoms with Gasteiger partial charge in [0.1, 0.15) is 5.75 Å². The first-order chi connectivity index (χ1) is 11.1. The molecule has 0 aliphatic rings. The summed E-state index contributed by atoms with van der Waals surface area (Å²) in [6.07, 6.45) is 3.88. The van der Waals surface area contributed by atoms with Gasteiger partial charge in [0.05, 0.1) is 5.92 Å². The number of nitrogens with zero attached hydrogens (tertiary/aromatic N) is 1. The Morgan fingerprint density at radius 1 is 1.04 bits per heavy atom. The maximum atomic E-state index is 11.7. The molecule has 4 heteroatoms. The molecule has 0 radical (unpaired) electrons. The van der Waals surface area contributed by atoms with E-state index < -0.39 is 11.8 Å². The molecule has 4 nitrogen and oxygen atoms in total. The molecule has 1 heterocycles. The molecule has 1 atom stereocenters. The highest BCUT2D eigenvalue weighted by Crippen LogP contribution is 2.35. The minimum atomic E-state index is -0.458. The fourth-order valence-corrected chi connectivity index (χ4v) is 2.68. The molecule has 1 amide bonds. The number of primary amides is 1. The van der Waals surface area contributed by atoms with Gasteiger partial charge in [0.15, 0.2) is 0 Å². The SMILES string of the molecule is CC(C(N)=O)c1cc(-n2cccc2)ccc1-c1ccccc1O. The molecule has 2 aromatic carbocycles. The van der Waals surface area contributed by atoms with Crippen molar-refractivity contribution >= 4 is 5.91 Å². The molecule has 0 spiro atoms. The number of hydrogen-bond donors (Lipinski definition) is 2. The van der Waals surface area contributed by atoms with Crippen molar-refractivity contribution < 1.29 is 9.90 Å². The predicted octanol–water partition coefficient (Wildman–Crippen LogP) is 3.44. The van der Waals surface area contributed by atoms with Crippen molar-refractivity contribution in [1.82, 2.24) is 4.57 Å². The molecule has 0 aliphatic carbocycles. The lowest BCUT2D eigenvalue weighted by molar-refractivity contribution is -0.119. The fourth-order valence-electron chi connectivity index (χ4n) is 2.68. The zero-order valence-electron chi connectivity index (χ0n) is 12.8. The molecule has 3 rings (SSSR count). The minimum Gasteiger partial charge on any atom is -0.507 e. The Kier molecular flexibility index (Phi) is 3.89. The van der Waals surface area contributed by atoms with E-state index in [0.29, 0.717) is 5.56 Å². The normalized spacial score (nSPS) is 12.0. The van der Waals surface area contributed by atoms with Crippen molar-refractivity contribution in [1.29, 1.82) is 0 Å². The van der Waals surface area contributed by atoms with Gasteiger partial charge < -0.3 is 15.4 Å². The number of carbonyl (C=O) groups is 1. The number of rotatable bonds is 4. The second-order valence-electron chi connectivity index (χ2n) is 5.50. The lowest BCUT2D eigenvalue weighted by Gasteiger charge is -2.17. The fraction of sp³-hybridized carbons (Fsp3) is 0.105. The Labute approximate surface area is 134 Å². The topological polar surface area (TPSA) is 68.2 Å². The van der Waals surface area contributed by atoms with Gasteiger partial charge in [0, 0.05) is 23.6 Å². The van der Waals surface area contributed by atoms with Gasteiger partial charge in [-0.1, -0.05) is 24.3 Å². The highest BCUT2D eigenvalue weighted by atomic mass is 16.3. The van der Waals surface area contributed by atoms with E-state index in [9.17, 15) is 9.90 Å². The summed E-state index contributed by atoms with van der Waals surface area (Å²) in [5, 5.41) is 10.1. The number of phenolic OH excluding ortho intramolecular Hbond substituents is 1. The molecule has 23 heavy (non-hydrogen) atoms. The third-order valence-corrected chi connectivity index (χ3v) is 4.03. The maximum absolute atomic E-state index is 11.7. The van der Waals surface area contributed by atoms with Crippen LogP contribution in [0.5, 0.6) is 5.75 Å². The van der Waals surface area contributed by atoms with Crippen LogP contribution in [0.4, 0.5) is 0 Å². The van der Waals surface area contributed by atoms with E-state index in [1.165, 1.54) is 0 Å². The van der Waals surface area contributed by atoms with Crippen molar-refractivity contribution in [3.63, 3.8) is 0 Å². The predicted molar refractivity (Wildman–Crippen MR) is 90.5 cm³/mol. The Hall–Kier alpha value is -3.01. The molecule has 0 aliphatic heterocycles. The molecule has 3 N–H and O–H groups in total. The van der Waals surface area contributed by atoms with E-state index in [1.54, 1.807) is 19.1 Å². The molecule has 0 fully saturated rings. The summed E-state index contributed by atoms with van der Waals surface area (Å²) >= 11 is 0. The van der Waals surface area contributed by atoms with Crippen LogP contribution in [0.1, 0.15) is 18.4 Å². The first-order valence-electron chi connectivity index (χ1n) is 7.43. The maximum Gasteiger partial charge on any atom is 0.224 e. The van der Waals surface area contributed by atoms with Crippen molar-refractivity contribution in [2.75, 3.05) is 0 Å². The van der Waals surface area contributed by atoms with E-state index in [0.717, 1.165) is 16.8 Å². The third kappa shape index (κ3) is 2.83. The molecule has 116 valence electrons. The van der Waals surface area contributed by atoms with Crippen molar-refractivity contribution in [3.05, 3.63) is 72.6 Å². The second-order valence-corrected chi connectivity index (χ2v) is 5.50. The minimum absolute atomic E-state index is 0.180. The van der Waals surface area contributed by atoms with Gasteiger partial charge in [-0.2, -0.15) is 0 Å². The zero-order chi connectivity index (χ0) is 16.4. The van der Waals surface area contributed by atoms with E-state index in [4.69, 9.17) is 5.73 Å². The van der Waals surface area contributed by atoms with Gasteiger partial charge in [-0.05, 0) is 48.4 Å². The number of para-hydroxylation sites is 1. The third-order valence-electron chi connectivity index (χ3n) is 4.03. The molecule has 1 unspecified atom stereocenters. The number of aromatic hydroxyl groups is 1. The van der Waals surface area contributed by atoms with Crippen LogP contribution < -0.4 is 5.73 Å². The van der Waals surface area contributed by atoms with Crippen LogP contribution >= 0.6 is 0 Å². The molecule has 0 saturated carbocycles. The smallest absolute Gasteiger partial charge is 0.224 e. The highest BCUT2D eigenvalue weighted by Gasteiger charge is 2.19. The summed E-state index contributed by atoms with van der Waals surface area (Å²) in [6, 6.07) is 16.8. The quantitative estimate of drug-likeness (QED) is 0.775. The summed E-state index contributed by atoms with van der Waals surface area (Å²) in [5.74, 6) is -0.675. The van der Waals surface area contributed by atoms with Crippen molar-refractivity contribution in [2.45, 2.75) is 12.8 Å². The Bertz CT molecular complexity index is 838. The second kappa shape index (κ2) is 6.01. The summed E-state index contributed by atoms with van der Waals surface area (Å²) in [5.41, 5.74) is 8.75. The van der Waals surface area contributed by atoms with Crippen LogP contribution in [-0.2, 0) is 4.79 Å². The van der Waals surface area contributed by atoms with E-state index in [2.05, 4.69) is 0 Å². The van der Waals surface area contributed by atoms with Gasteiger partial charge in [-0.25, -0.2) is 0 Å². The van der Waals surface area contributed by atoms with Gasteiger partial charge in [0.2, 0.25) is 5.91 Å². The standard InChI is InChI=1S/C19H18N2O2/c1-13(19(20)23)17-12-14(21-10-4-5-11-21)8-9-15(17)16-6-2-3-7-18(16)22/h2-13,22H,1H3,(H2,20,23). The van der Waals surface area contributed by atoms with Gasteiger partial charge in [0.25, 0.3) is 0 Å². The number of aromatic nitrogens is 1. The van der Waals surface area contributed by atoms with Crippen molar-refractivity contribution in [2.24, 2.45) is 5.73 Å². The molecule has 0 bridgehead atoms. The Morgan fingerprint density at radius 3 is 2.39 bits per heavy atom. The van der Waals surface area contributed by atoms with Crippen LogP contribution in [0.2, 0.25) is 0 Å². The number of carbonyl (C=O) groups excluding carboxylic acids is 1. The first-order valence-corrected chi connectivity index (χ1v) is 7.43. The molecule has 3 aromatic rings. The van der Waals surface area contributed by atoms with Gasteiger partial charge in [-0.3, -0.25) is 4.79 Å². The lowest BCUT2D eigenvalue weighted by atomic mass is 9.90. The van der Waals surface area contributed by atoms with Crippen LogP contribution in [0.15, 0.2) is 67.0 Å². The number of nitrogens with two attached hydrogens (primary N) is 1. The monoisotopic (exact) mass is 306 g/mol. The Morgan fingerprint density at radius 2 is 1.74 bits per heavy atom.